The Hall–Kier alpha value is -2.36. The van der Waals surface area contributed by atoms with Crippen LogP contribution in [-0.2, 0) is 23.9 Å². The lowest BCUT2D eigenvalue weighted by Gasteiger charge is -2.28. The Balaban J connectivity index is 2.74. The summed E-state index contributed by atoms with van der Waals surface area (Å²) in [6.45, 7) is 12.9. The highest BCUT2D eigenvalue weighted by atomic mass is 16.6. The van der Waals surface area contributed by atoms with Gasteiger partial charge in [-0.25, -0.2) is 9.59 Å². The second kappa shape index (κ2) is 13.7. The minimum absolute atomic E-state index is 0.0318. The number of esters is 1. The lowest BCUT2D eigenvalue weighted by Crippen LogP contribution is -2.54. The number of aliphatic hydroxyl groups excluding tert-OH is 1. The summed E-state index contributed by atoms with van der Waals surface area (Å²) in [6, 6.07) is -2.10. The van der Waals surface area contributed by atoms with Crippen LogP contribution in [0.25, 0.3) is 0 Å². The Labute approximate surface area is 209 Å². The SMILES string of the molecule is CC[C@H](C)[C@H](NC(=O)OC(C)(C)C)C(=O)NC1CCC(CC(=O)N[C@@H](CC(C)C)C(=O)OC)C1O. The van der Waals surface area contributed by atoms with E-state index in [9.17, 15) is 24.3 Å². The molecule has 1 aliphatic rings. The van der Waals surface area contributed by atoms with Crippen LogP contribution in [-0.4, -0.2) is 65.9 Å². The second-order valence-corrected chi connectivity index (χ2v) is 10.9. The van der Waals surface area contributed by atoms with Crippen LogP contribution in [0, 0.1) is 17.8 Å². The molecule has 3 amide bonds. The number of rotatable bonds is 11. The predicted octanol–water partition coefficient (Wildman–Crippen LogP) is 2.28. The normalized spacial score (nSPS) is 22.6. The Bertz CT molecular complexity index is 735. The zero-order chi connectivity index (χ0) is 26.9. The van der Waals surface area contributed by atoms with Gasteiger partial charge in [-0.3, -0.25) is 9.59 Å². The summed E-state index contributed by atoms with van der Waals surface area (Å²) in [5, 5.41) is 19.0. The Kier molecular flexibility index (Phi) is 12.0. The van der Waals surface area contributed by atoms with Gasteiger partial charge < -0.3 is 30.5 Å². The van der Waals surface area contributed by atoms with E-state index in [4.69, 9.17) is 9.47 Å². The van der Waals surface area contributed by atoms with Crippen LogP contribution in [0.1, 0.15) is 80.6 Å². The molecule has 0 radical (unpaired) electrons. The van der Waals surface area contributed by atoms with Crippen LogP contribution in [0.15, 0.2) is 0 Å². The van der Waals surface area contributed by atoms with E-state index in [2.05, 4.69) is 16.0 Å². The molecular weight excluding hydrogens is 454 g/mol. The molecule has 1 saturated carbocycles. The number of alkyl carbamates (subject to hydrolysis) is 1. The maximum atomic E-state index is 13.0. The molecule has 4 N–H and O–H groups in total. The van der Waals surface area contributed by atoms with Crippen LogP contribution >= 0.6 is 0 Å². The van der Waals surface area contributed by atoms with Gasteiger partial charge in [-0.2, -0.15) is 0 Å². The average molecular weight is 500 g/mol. The predicted molar refractivity (Wildman–Crippen MR) is 131 cm³/mol. The molecule has 35 heavy (non-hydrogen) atoms. The molecule has 0 aromatic carbocycles. The summed E-state index contributed by atoms with van der Waals surface area (Å²) in [5.74, 6) is -1.58. The van der Waals surface area contributed by atoms with Crippen molar-refractivity contribution in [3.8, 4) is 0 Å². The Morgan fingerprint density at radius 3 is 2.20 bits per heavy atom. The number of nitrogens with one attached hydrogen (secondary N) is 3. The second-order valence-electron chi connectivity index (χ2n) is 10.9. The lowest BCUT2D eigenvalue weighted by atomic mass is 9.97. The van der Waals surface area contributed by atoms with Gasteiger partial charge in [0.15, 0.2) is 0 Å². The van der Waals surface area contributed by atoms with Crippen LogP contribution in [0.3, 0.4) is 0 Å². The molecule has 1 rings (SSSR count). The van der Waals surface area contributed by atoms with Crippen molar-refractivity contribution < 1.29 is 33.8 Å². The molecule has 10 heteroatoms. The number of carbonyl (C=O) groups is 4. The van der Waals surface area contributed by atoms with Crippen molar-refractivity contribution in [2.45, 2.75) is 110 Å². The molecule has 1 fully saturated rings. The maximum Gasteiger partial charge on any atom is 0.408 e. The summed E-state index contributed by atoms with van der Waals surface area (Å²) in [4.78, 5) is 49.8. The highest BCUT2D eigenvalue weighted by Gasteiger charge is 2.39. The molecule has 202 valence electrons. The van der Waals surface area contributed by atoms with Crippen LogP contribution in [0.5, 0.6) is 0 Å². The molecule has 0 spiro atoms. The molecule has 0 aliphatic heterocycles. The monoisotopic (exact) mass is 499 g/mol. The molecule has 0 aromatic rings. The fourth-order valence-electron chi connectivity index (χ4n) is 4.17. The van der Waals surface area contributed by atoms with Crippen molar-refractivity contribution in [1.29, 1.82) is 0 Å². The highest BCUT2D eigenvalue weighted by molar-refractivity contribution is 5.86. The van der Waals surface area contributed by atoms with Gasteiger partial charge in [-0.1, -0.05) is 34.1 Å². The van der Waals surface area contributed by atoms with E-state index in [-0.39, 0.29) is 30.1 Å². The fourth-order valence-corrected chi connectivity index (χ4v) is 4.17. The number of aliphatic hydroxyl groups is 1. The highest BCUT2D eigenvalue weighted by Crippen LogP contribution is 2.29. The molecule has 3 unspecified atom stereocenters. The first-order chi connectivity index (χ1) is 16.2. The van der Waals surface area contributed by atoms with Crippen LogP contribution < -0.4 is 16.0 Å². The first kappa shape index (κ1) is 30.7. The number of carbonyl (C=O) groups excluding carboxylic acids is 4. The summed E-state index contributed by atoms with van der Waals surface area (Å²) in [5.41, 5.74) is -0.696. The van der Waals surface area contributed by atoms with Gasteiger partial charge in [0.2, 0.25) is 11.8 Å². The van der Waals surface area contributed by atoms with Crippen molar-refractivity contribution in [3.63, 3.8) is 0 Å². The largest absolute Gasteiger partial charge is 0.467 e. The molecular formula is C25H45N3O7. The van der Waals surface area contributed by atoms with Crippen molar-refractivity contribution in [2.75, 3.05) is 7.11 Å². The summed E-state index contributed by atoms with van der Waals surface area (Å²) >= 11 is 0. The minimum atomic E-state index is -0.925. The summed E-state index contributed by atoms with van der Waals surface area (Å²) in [7, 11) is 1.28. The van der Waals surface area contributed by atoms with E-state index in [1.54, 1.807) is 20.8 Å². The Morgan fingerprint density at radius 2 is 1.69 bits per heavy atom. The van der Waals surface area contributed by atoms with Gasteiger partial charge in [-0.15, -0.1) is 0 Å². The quantitative estimate of drug-likeness (QED) is 0.319. The third kappa shape index (κ3) is 10.4. The molecule has 0 bridgehead atoms. The summed E-state index contributed by atoms with van der Waals surface area (Å²) in [6.07, 6.45) is 0.570. The topological polar surface area (TPSA) is 143 Å². The van der Waals surface area contributed by atoms with Crippen LogP contribution in [0.4, 0.5) is 4.79 Å². The van der Waals surface area contributed by atoms with Gasteiger partial charge in [0.1, 0.15) is 17.7 Å². The molecule has 6 atom stereocenters. The Morgan fingerprint density at radius 1 is 1.06 bits per heavy atom. The smallest absolute Gasteiger partial charge is 0.408 e. The number of hydrogen-bond acceptors (Lipinski definition) is 7. The number of ether oxygens (including phenoxy) is 2. The maximum absolute atomic E-state index is 13.0. The van der Waals surface area contributed by atoms with Crippen molar-refractivity contribution in [3.05, 3.63) is 0 Å². The summed E-state index contributed by atoms with van der Waals surface area (Å²) < 4.78 is 10.1. The van der Waals surface area contributed by atoms with E-state index in [0.717, 1.165) is 0 Å². The lowest BCUT2D eigenvalue weighted by molar-refractivity contribution is -0.145. The molecule has 1 aliphatic carbocycles. The first-order valence-electron chi connectivity index (χ1n) is 12.5. The molecule has 10 nitrogen and oxygen atoms in total. The third-order valence-electron chi connectivity index (χ3n) is 6.21. The van der Waals surface area contributed by atoms with Gasteiger partial charge in [0.25, 0.3) is 0 Å². The standard InChI is InChI=1S/C25H45N3O7/c1-9-15(4)20(28-24(33)35-25(5,6)7)22(31)27-17-11-10-16(21(17)30)13-19(29)26-18(12-14(2)3)23(32)34-8/h14-18,20-21,30H,9-13H2,1-8H3,(H,26,29)(H,27,31)(H,28,33)/t15-,16?,17?,18-,20-,21?/m0/s1. The zero-order valence-corrected chi connectivity index (χ0v) is 22.5. The van der Waals surface area contributed by atoms with Crippen molar-refractivity contribution in [1.82, 2.24) is 16.0 Å². The van der Waals surface area contributed by atoms with E-state index >= 15 is 0 Å². The van der Waals surface area contributed by atoms with Crippen molar-refractivity contribution in [2.24, 2.45) is 17.8 Å². The third-order valence-corrected chi connectivity index (χ3v) is 6.21. The fraction of sp³-hybridized carbons (Fsp3) is 0.840. The first-order valence-corrected chi connectivity index (χ1v) is 12.5. The minimum Gasteiger partial charge on any atom is -0.467 e. The van der Waals surface area contributed by atoms with E-state index in [0.29, 0.717) is 25.7 Å². The molecule has 0 aromatic heterocycles. The van der Waals surface area contributed by atoms with Gasteiger partial charge in [-0.05, 0) is 57.8 Å². The van der Waals surface area contributed by atoms with E-state index in [1.165, 1.54) is 7.11 Å². The van der Waals surface area contributed by atoms with E-state index in [1.807, 2.05) is 27.7 Å². The molecule has 0 saturated heterocycles. The number of hydrogen-bond donors (Lipinski definition) is 4. The van der Waals surface area contributed by atoms with E-state index < -0.39 is 47.8 Å². The zero-order valence-electron chi connectivity index (χ0n) is 22.5. The van der Waals surface area contributed by atoms with Gasteiger partial charge >= 0.3 is 12.1 Å². The number of amides is 3. The number of methoxy groups -OCH3 is 1. The van der Waals surface area contributed by atoms with Crippen LogP contribution in [0.2, 0.25) is 0 Å². The molecule has 0 heterocycles. The van der Waals surface area contributed by atoms with Gasteiger partial charge in [0, 0.05) is 6.42 Å². The average Bonchev–Trinajstić information content (AvgIpc) is 3.07. The van der Waals surface area contributed by atoms with Gasteiger partial charge in [0.05, 0.1) is 19.3 Å². The van der Waals surface area contributed by atoms with Crippen molar-refractivity contribution >= 4 is 23.9 Å².